The average Bonchev–Trinajstić information content (AvgIpc) is 2.68. The van der Waals surface area contributed by atoms with Gasteiger partial charge in [0.15, 0.2) is 6.61 Å². The highest BCUT2D eigenvalue weighted by molar-refractivity contribution is 5.93. The van der Waals surface area contributed by atoms with Crippen molar-refractivity contribution in [1.82, 2.24) is 0 Å². The molecule has 3 aromatic carbocycles. The second kappa shape index (κ2) is 8.85. The minimum atomic E-state index is -0.437. The lowest BCUT2D eigenvalue weighted by Crippen LogP contribution is -2.21. The Labute approximate surface area is 157 Å². The molecule has 3 rings (SSSR count). The normalized spacial score (nSPS) is 10.4. The van der Waals surface area contributed by atoms with Gasteiger partial charge in [-0.3, -0.25) is 9.59 Å². The number of fused-ring (bicyclic) bond motifs is 1. The van der Waals surface area contributed by atoms with E-state index < -0.39 is 5.97 Å². The number of ether oxygens (including phenoxy) is 2. The third-order valence-electron chi connectivity index (χ3n) is 4.03. The maximum Gasteiger partial charge on any atom is 0.310 e. The summed E-state index contributed by atoms with van der Waals surface area (Å²) >= 11 is 0. The van der Waals surface area contributed by atoms with Crippen LogP contribution >= 0.6 is 0 Å². The minimum absolute atomic E-state index is 0.123. The first kappa shape index (κ1) is 18.5. The average molecular weight is 363 g/mol. The largest absolute Gasteiger partial charge is 0.494 e. The van der Waals surface area contributed by atoms with Crippen LogP contribution in [0.4, 0.5) is 5.69 Å². The van der Waals surface area contributed by atoms with Crippen molar-refractivity contribution in [2.45, 2.75) is 13.3 Å². The van der Waals surface area contributed by atoms with Gasteiger partial charge in [0.05, 0.1) is 13.0 Å². The van der Waals surface area contributed by atoms with Crippen molar-refractivity contribution in [3.8, 4) is 5.75 Å². The van der Waals surface area contributed by atoms with E-state index in [0.29, 0.717) is 12.3 Å². The molecule has 0 unspecified atom stereocenters. The fourth-order valence-corrected chi connectivity index (χ4v) is 2.80. The maximum absolute atomic E-state index is 12.1. The predicted molar refractivity (Wildman–Crippen MR) is 105 cm³/mol. The second-order valence-corrected chi connectivity index (χ2v) is 5.98. The third kappa shape index (κ3) is 5.07. The van der Waals surface area contributed by atoms with E-state index in [0.717, 1.165) is 22.1 Å². The van der Waals surface area contributed by atoms with Crippen molar-refractivity contribution in [2.75, 3.05) is 18.5 Å². The zero-order valence-corrected chi connectivity index (χ0v) is 15.1. The zero-order chi connectivity index (χ0) is 19.1. The molecule has 0 bridgehead atoms. The number of amides is 1. The molecule has 0 aliphatic carbocycles. The van der Waals surface area contributed by atoms with Crippen LogP contribution < -0.4 is 10.1 Å². The summed E-state index contributed by atoms with van der Waals surface area (Å²) in [4.78, 5) is 24.1. The second-order valence-electron chi connectivity index (χ2n) is 5.98. The summed E-state index contributed by atoms with van der Waals surface area (Å²) in [6.45, 7) is 2.16. The van der Waals surface area contributed by atoms with Crippen LogP contribution in [0.1, 0.15) is 12.5 Å². The van der Waals surface area contributed by atoms with E-state index in [-0.39, 0.29) is 18.9 Å². The number of benzene rings is 3. The van der Waals surface area contributed by atoms with Crippen LogP contribution in [0.15, 0.2) is 66.7 Å². The van der Waals surface area contributed by atoms with Crippen molar-refractivity contribution >= 4 is 28.3 Å². The van der Waals surface area contributed by atoms with Gasteiger partial charge in [-0.2, -0.15) is 0 Å². The molecule has 0 heterocycles. The molecule has 0 aliphatic rings. The smallest absolute Gasteiger partial charge is 0.310 e. The Hall–Kier alpha value is -3.34. The first-order valence-electron chi connectivity index (χ1n) is 8.80. The van der Waals surface area contributed by atoms with Gasteiger partial charge in [0.25, 0.3) is 5.91 Å². The highest BCUT2D eigenvalue weighted by atomic mass is 16.5. The molecule has 138 valence electrons. The Kier molecular flexibility index (Phi) is 6.05. The highest BCUT2D eigenvalue weighted by Crippen LogP contribution is 2.19. The predicted octanol–water partition coefficient (Wildman–Crippen LogP) is 3.96. The standard InChI is InChI=1S/C22H21NO4/c1-2-26-19-12-10-18(11-13-19)23-21(24)15-27-22(25)14-17-8-5-7-16-6-3-4-9-20(16)17/h3-13H,2,14-15H2,1H3,(H,23,24). The van der Waals surface area contributed by atoms with Crippen molar-refractivity contribution < 1.29 is 19.1 Å². The Balaban J connectivity index is 1.51. The topological polar surface area (TPSA) is 64.6 Å². The fourth-order valence-electron chi connectivity index (χ4n) is 2.80. The van der Waals surface area contributed by atoms with Crippen LogP contribution in [0, 0.1) is 0 Å². The van der Waals surface area contributed by atoms with Gasteiger partial charge < -0.3 is 14.8 Å². The molecule has 0 aromatic heterocycles. The van der Waals surface area contributed by atoms with Crippen molar-refractivity contribution in [2.24, 2.45) is 0 Å². The number of carbonyl (C=O) groups is 2. The van der Waals surface area contributed by atoms with Gasteiger partial charge in [0.1, 0.15) is 5.75 Å². The van der Waals surface area contributed by atoms with Crippen molar-refractivity contribution in [3.63, 3.8) is 0 Å². The van der Waals surface area contributed by atoms with E-state index in [4.69, 9.17) is 9.47 Å². The van der Waals surface area contributed by atoms with E-state index in [1.165, 1.54) is 0 Å². The summed E-state index contributed by atoms with van der Waals surface area (Å²) in [7, 11) is 0. The lowest BCUT2D eigenvalue weighted by Gasteiger charge is -2.09. The minimum Gasteiger partial charge on any atom is -0.494 e. The summed E-state index contributed by atoms with van der Waals surface area (Å²) < 4.78 is 10.5. The van der Waals surface area contributed by atoms with Gasteiger partial charge in [-0.1, -0.05) is 42.5 Å². The summed E-state index contributed by atoms with van der Waals surface area (Å²) in [5.41, 5.74) is 1.50. The Morgan fingerprint density at radius 2 is 1.67 bits per heavy atom. The molecule has 0 radical (unpaired) electrons. The monoisotopic (exact) mass is 363 g/mol. The van der Waals surface area contributed by atoms with Crippen LogP contribution in [-0.2, 0) is 20.7 Å². The van der Waals surface area contributed by atoms with Gasteiger partial charge in [-0.15, -0.1) is 0 Å². The zero-order valence-electron chi connectivity index (χ0n) is 15.1. The van der Waals surface area contributed by atoms with E-state index in [2.05, 4.69) is 5.32 Å². The molecule has 5 heteroatoms. The molecule has 5 nitrogen and oxygen atoms in total. The van der Waals surface area contributed by atoms with Crippen molar-refractivity contribution in [3.05, 3.63) is 72.3 Å². The maximum atomic E-state index is 12.1. The van der Waals surface area contributed by atoms with Crippen LogP contribution in [-0.4, -0.2) is 25.1 Å². The summed E-state index contributed by atoms with van der Waals surface area (Å²) in [6, 6.07) is 20.7. The number of anilines is 1. The molecule has 0 fully saturated rings. The molecule has 0 spiro atoms. The SMILES string of the molecule is CCOc1ccc(NC(=O)COC(=O)Cc2cccc3ccccc23)cc1. The summed E-state index contributed by atoms with van der Waals surface area (Å²) in [5.74, 6) is -0.0874. The first-order valence-corrected chi connectivity index (χ1v) is 8.80. The molecule has 0 saturated carbocycles. The Morgan fingerprint density at radius 1 is 0.926 bits per heavy atom. The number of hydrogen-bond acceptors (Lipinski definition) is 4. The number of hydrogen-bond donors (Lipinski definition) is 1. The number of nitrogens with one attached hydrogen (secondary N) is 1. The fraction of sp³-hybridized carbons (Fsp3) is 0.182. The molecule has 0 saturated heterocycles. The molecule has 0 aliphatic heterocycles. The number of esters is 1. The quantitative estimate of drug-likeness (QED) is 0.645. The van der Waals surface area contributed by atoms with Gasteiger partial charge in [-0.25, -0.2) is 0 Å². The molecular weight excluding hydrogens is 342 g/mol. The Morgan fingerprint density at radius 3 is 2.44 bits per heavy atom. The van der Waals surface area contributed by atoms with E-state index >= 15 is 0 Å². The van der Waals surface area contributed by atoms with E-state index in [1.807, 2.05) is 49.4 Å². The molecule has 27 heavy (non-hydrogen) atoms. The van der Waals surface area contributed by atoms with E-state index in [1.54, 1.807) is 24.3 Å². The molecular formula is C22H21NO4. The lowest BCUT2D eigenvalue weighted by atomic mass is 10.0. The Bertz CT molecular complexity index is 929. The van der Waals surface area contributed by atoms with Crippen LogP contribution in [0.2, 0.25) is 0 Å². The number of rotatable bonds is 7. The first-order chi connectivity index (χ1) is 13.2. The van der Waals surface area contributed by atoms with E-state index in [9.17, 15) is 9.59 Å². The summed E-state index contributed by atoms with van der Waals surface area (Å²) in [5, 5.41) is 4.76. The van der Waals surface area contributed by atoms with Gasteiger partial charge in [-0.05, 0) is 47.5 Å². The highest BCUT2D eigenvalue weighted by Gasteiger charge is 2.11. The lowest BCUT2D eigenvalue weighted by molar-refractivity contribution is -0.146. The molecule has 1 N–H and O–H groups in total. The molecule has 1 amide bonds. The van der Waals surface area contributed by atoms with Gasteiger partial charge >= 0.3 is 5.97 Å². The van der Waals surface area contributed by atoms with Crippen molar-refractivity contribution in [1.29, 1.82) is 0 Å². The van der Waals surface area contributed by atoms with Crippen LogP contribution in [0.5, 0.6) is 5.75 Å². The van der Waals surface area contributed by atoms with Crippen LogP contribution in [0.25, 0.3) is 10.8 Å². The van der Waals surface area contributed by atoms with Crippen LogP contribution in [0.3, 0.4) is 0 Å². The van der Waals surface area contributed by atoms with Gasteiger partial charge in [0.2, 0.25) is 0 Å². The molecule has 3 aromatic rings. The molecule has 0 atom stereocenters. The summed E-state index contributed by atoms with van der Waals surface area (Å²) in [6.07, 6.45) is 0.123. The third-order valence-corrected chi connectivity index (χ3v) is 4.03. The van der Waals surface area contributed by atoms with Gasteiger partial charge in [0, 0.05) is 5.69 Å². The number of carbonyl (C=O) groups excluding carboxylic acids is 2.